The minimum Gasteiger partial charge on any atom is -0.422 e. The Morgan fingerprint density at radius 1 is 1.17 bits per heavy atom. The van der Waals surface area contributed by atoms with Crippen LogP contribution in [0.4, 0.5) is 5.69 Å². The van der Waals surface area contributed by atoms with Crippen molar-refractivity contribution in [3.05, 3.63) is 73.8 Å². The number of hydrogen-bond donors (Lipinski definition) is 0. The summed E-state index contributed by atoms with van der Waals surface area (Å²) in [4.78, 5) is 22.0. The van der Waals surface area contributed by atoms with Crippen molar-refractivity contribution in [1.29, 1.82) is 0 Å². The number of nitro groups is 1. The van der Waals surface area contributed by atoms with Gasteiger partial charge < -0.3 is 4.74 Å². The number of rotatable bonds is 4. The van der Waals surface area contributed by atoms with Gasteiger partial charge in [-0.3, -0.25) is 10.1 Å². The molecule has 0 saturated carbocycles. The lowest BCUT2D eigenvalue weighted by atomic mass is 10.2. The Kier molecular flexibility index (Phi) is 5.36. The van der Waals surface area contributed by atoms with E-state index in [2.05, 4.69) is 0 Å². The highest BCUT2D eigenvalue weighted by atomic mass is 35.5. The van der Waals surface area contributed by atoms with Crippen LogP contribution in [0.1, 0.15) is 11.1 Å². The second kappa shape index (κ2) is 7.26. The quantitative estimate of drug-likeness (QED) is 0.260. The number of nitro benzene ring substituents is 1. The van der Waals surface area contributed by atoms with Crippen LogP contribution in [0.2, 0.25) is 10.0 Å². The van der Waals surface area contributed by atoms with Crippen molar-refractivity contribution in [2.24, 2.45) is 0 Å². The van der Waals surface area contributed by atoms with Crippen molar-refractivity contribution >= 4 is 40.9 Å². The Bertz CT molecular complexity index is 803. The monoisotopic (exact) mass is 351 g/mol. The predicted molar refractivity (Wildman–Crippen MR) is 89.0 cm³/mol. The molecule has 0 spiro atoms. The van der Waals surface area contributed by atoms with Crippen molar-refractivity contribution in [3.8, 4) is 5.75 Å². The molecular formula is C16H11Cl2NO4. The topological polar surface area (TPSA) is 69.4 Å². The van der Waals surface area contributed by atoms with Gasteiger partial charge in [-0.2, -0.15) is 0 Å². The van der Waals surface area contributed by atoms with Crippen LogP contribution >= 0.6 is 23.2 Å². The lowest BCUT2D eigenvalue weighted by Crippen LogP contribution is -2.04. The van der Waals surface area contributed by atoms with E-state index < -0.39 is 10.9 Å². The molecule has 0 aliphatic rings. The Balaban J connectivity index is 2.14. The first kappa shape index (κ1) is 17.0. The smallest absolute Gasteiger partial charge is 0.336 e. The molecule has 0 radical (unpaired) electrons. The van der Waals surface area contributed by atoms with Crippen LogP contribution in [0.5, 0.6) is 5.75 Å². The highest BCUT2D eigenvalue weighted by Crippen LogP contribution is 2.27. The molecule has 0 aromatic heterocycles. The molecule has 0 atom stereocenters. The maximum Gasteiger partial charge on any atom is 0.336 e. The van der Waals surface area contributed by atoms with E-state index in [4.69, 9.17) is 27.9 Å². The number of esters is 1. The van der Waals surface area contributed by atoms with Gasteiger partial charge in [-0.05, 0) is 42.3 Å². The first-order valence-corrected chi connectivity index (χ1v) is 7.22. The molecule has 0 fully saturated rings. The first-order valence-electron chi connectivity index (χ1n) is 6.47. The number of carbonyl (C=O) groups is 1. The zero-order valence-corrected chi connectivity index (χ0v) is 13.5. The van der Waals surface area contributed by atoms with Crippen molar-refractivity contribution in [2.75, 3.05) is 0 Å². The van der Waals surface area contributed by atoms with E-state index in [1.54, 1.807) is 24.3 Å². The van der Waals surface area contributed by atoms with Crippen molar-refractivity contribution < 1.29 is 14.5 Å². The van der Waals surface area contributed by atoms with Crippen LogP contribution in [-0.4, -0.2) is 10.9 Å². The molecule has 118 valence electrons. The number of aryl methyl sites for hydroxylation is 1. The summed E-state index contributed by atoms with van der Waals surface area (Å²) in [6, 6.07) is 9.28. The number of halogens is 2. The summed E-state index contributed by atoms with van der Waals surface area (Å²) in [6.07, 6.45) is 2.56. The van der Waals surface area contributed by atoms with Crippen LogP contribution in [0.3, 0.4) is 0 Å². The molecule has 0 amide bonds. The zero-order valence-electron chi connectivity index (χ0n) is 12.0. The SMILES string of the molecule is Cc1ccc(Cl)c(OC(=O)/C=C/c2ccc(Cl)c([N+](=O)[O-])c2)c1. The summed E-state index contributed by atoms with van der Waals surface area (Å²) in [5.74, 6) is -0.390. The maximum atomic E-state index is 11.8. The van der Waals surface area contributed by atoms with Gasteiger partial charge >= 0.3 is 5.97 Å². The van der Waals surface area contributed by atoms with Gasteiger partial charge in [-0.25, -0.2) is 4.79 Å². The molecule has 5 nitrogen and oxygen atoms in total. The standard InChI is InChI=1S/C16H11Cl2NO4/c1-10-2-5-13(18)15(8-10)23-16(20)7-4-11-3-6-12(17)14(9-11)19(21)22/h2-9H,1H3/b7-4+. The van der Waals surface area contributed by atoms with Crippen LogP contribution < -0.4 is 4.74 Å². The zero-order chi connectivity index (χ0) is 17.0. The third kappa shape index (κ3) is 4.55. The molecule has 0 heterocycles. The van der Waals surface area contributed by atoms with Crippen LogP contribution in [-0.2, 0) is 4.79 Å². The van der Waals surface area contributed by atoms with Gasteiger partial charge in [-0.15, -0.1) is 0 Å². The molecular weight excluding hydrogens is 341 g/mol. The van der Waals surface area contributed by atoms with Gasteiger partial charge in [0.15, 0.2) is 0 Å². The van der Waals surface area contributed by atoms with Gasteiger partial charge in [0.2, 0.25) is 0 Å². The Hall–Kier alpha value is -2.37. The second-order valence-corrected chi connectivity index (χ2v) is 5.47. The molecule has 0 saturated heterocycles. The van der Waals surface area contributed by atoms with Gasteiger partial charge in [0.1, 0.15) is 10.8 Å². The fourth-order valence-electron chi connectivity index (χ4n) is 1.77. The van der Waals surface area contributed by atoms with Gasteiger partial charge in [0.25, 0.3) is 5.69 Å². The molecule has 0 aliphatic heterocycles. The van der Waals surface area contributed by atoms with Crippen LogP contribution in [0.25, 0.3) is 6.08 Å². The second-order valence-electron chi connectivity index (χ2n) is 4.66. The average Bonchev–Trinajstić information content (AvgIpc) is 2.50. The fraction of sp³-hybridized carbons (Fsp3) is 0.0625. The average molecular weight is 352 g/mol. The van der Waals surface area contributed by atoms with Crippen molar-refractivity contribution in [2.45, 2.75) is 6.92 Å². The minimum atomic E-state index is -0.643. The summed E-state index contributed by atoms with van der Waals surface area (Å²) in [5.41, 5.74) is 1.12. The number of ether oxygens (including phenoxy) is 1. The predicted octanol–water partition coefficient (Wildman–Crippen LogP) is 4.83. The van der Waals surface area contributed by atoms with E-state index in [1.165, 1.54) is 18.2 Å². The van der Waals surface area contributed by atoms with Gasteiger partial charge in [0, 0.05) is 12.1 Å². The molecule has 0 unspecified atom stereocenters. The largest absolute Gasteiger partial charge is 0.422 e. The third-order valence-electron chi connectivity index (χ3n) is 2.88. The summed E-state index contributed by atoms with van der Waals surface area (Å²) in [5, 5.41) is 11.2. The molecule has 0 bridgehead atoms. The highest BCUT2D eigenvalue weighted by Gasteiger charge is 2.12. The number of benzene rings is 2. The molecule has 2 aromatic rings. The van der Waals surface area contributed by atoms with Crippen molar-refractivity contribution in [1.82, 2.24) is 0 Å². The number of carbonyl (C=O) groups excluding carboxylic acids is 1. The summed E-state index contributed by atoms with van der Waals surface area (Å²) in [6.45, 7) is 1.84. The van der Waals surface area contributed by atoms with E-state index >= 15 is 0 Å². The van der Waals surface area contributed by atoms with Crippen LogP contribution in [0.15, 0.2) is 42.5 Å². The van der Waals surface area contributed by atoms with E-state index in [-0.39, 0.29) is 16.5 Å². The lowest BCUT2D eigenvalue weighted by Gasteiger charge is -2.04. The minimum absolute atomic E-state index is 0.0290. The lowest BCUT2D eigenvalue weighted by molar-refractivity contribution is -0.384. The van der Waals surface area contributed by atoms with Gasteiger partial charge in [-0.1, -0.05) is 35.3 Å². The van der Waals surface area contributed by atoms with Crippen molar-refractivity contribution in [3.63, 3.8) is 0 Å². The molecule has 23 heavy (non-hydrogen) atoms. The summed E-state index contributed by atoms with van der Waals surface area (Å²) in [7, 11) is 0. The van der Waals surface area contributed by atoms with Crippen LogP contribution in [0, 0.1) is 17.0 Å². The first-order chi connectivity index (χ1) is 10.9. The molecule has 0 N–H and O–H groups in total. The number of hydrogen-bond acceptors (Lipinski definition) is 4. The maximum absolute atomic E-state index is 11.8. The van der Waals surface area contributed by atoms with Gasteiger partial charge in [0.05, 0.1) is 9.95 Å². The molecule has 2 aromatic carbocycles. The Morgan fingerprint density at radius 2 is 1.87 bits per heavy atom. The van der Waals surface area contributed by atoms with E-state index in [0.29, 0.717) is 10.6 Å². The van der Waals surface area contributed by atoms with E-state index in [0.717, 1.165) is 11.6 Å². The normalized spacial score (nSPS) is 10.7. The fourth-order valence-corrected chi connectivity index (χ4v) is 2.11. The Morgan fingerprint density at radius 3 is 2.57 bits per heavy atom. The Labute approximate surface area is 142 Å². The molecule has 0 aliphatic carbocycles. The highest BCUT2D eigenvalue weighted by molar-refractivity contribution is 6.32. The summed E-state index contributed by atoms with van der Waals surface area (Å²) < 4.78 is 5.13. The summed E-state index contributed by atoms with van der Waals surface area (Å²) >= 11 is 11.7. The third-order valence-corrected chi connectivity index (χ3v) is 3.51. The molecule has 7 heteroatoms. The van der Waals surface area contributed by atoms with E-state index in [1.807, 2.05) is 6.92 Å². The number of nitrogens with zero attached hydrogens (tertiary/aromatic N) is 1. The molecule has 2 rings (SSSR count). The van der Waals surface area contributed by atoms with E-state index in [9.17, 15) is 14.9 Å².